The molecule has 1 spiro atoms. The van der Waals surface area contributed by atoms with E-state index in [-0.39, 0.29) is 11.6 Å². The summed E-state index contributed by atoms with van der Waals surface area (Å²) in [5.74, 6) is 0.538. The van der Waals surface area contributed by atoms with Crippen molar-refractivity contribution in [2.45, 2.75) is 50.5 Å². The average Bonchev–Trinajstić information content (AvgIpc) is 2.51. The second-order valence-electron chi connectivity index (χ2n) is 4.82. The van der Waals surface area contributed by atoms with Crippen LogP contribution in [-0.4, -0.2) is 11.6 Å². The van der Waals surface area contributed by atoms with E-state index in [1.807, 2.05) is 0 Å². The molecule has 3 rings (SSSR count). The Hall–Kier alpha value is -0.790. The van der Waals surface area contributed by atoms with Gasteiger partial charge in [-0.2, -0.15) is 0 Å². The van der Waals surface area contributed by atoms with Crippen molar-refractivity contribution in [3.05, 3.63) is 11.6 Å². The molecule has 76 valence electrons. The maximum atomic E-state index is 11.4. The van der Waals surface area contributed by atoms with Gasteiger partial charge in [0.15, 0.2) is 0 Å². The standard InChI is InChI=1S/C12H16O2/c13-11-8-10-6-3-5-9-4-1-2-7-12(9,10)14-11/h8-9H,1-7H2/t9-,12+/m0/s1. The van der Waals surface area contributed by atoms with Gasteiger partial charge in [0, 0.05) is 12.0 Å². The summed E-state index contributed by atoms with van der Waals surface area (Å²) in [5.41, 5.74) is 1.17. The van der Waals surface area contributed by atoms with Crippen LogP contribution >= 0.6 is 0 Å². The van der Waals surface area contributed by atoms with E-state index in [0.717, 1.165) is 12.8 Å². The molecule has 0 saturated heterocycles. The molecule has 0 radical (unpaired) electrons. The Kier molecular flexibility index (Phi) is 1.73. The van der Waals surface area contributed by atoms with Gasteiger partial charge in [-0.25, -0.2) is 4.79 Å². The first kappa shape index (κ1) is 8.51. The van der Waals surface area contributed by atoms with Gasteiger partial charge in [-0.05, 0) is 44.1 Å². The van der Waals surface area contributed by atoms with Gasteiger partial charge in [0.2, 0.25) is 0 Å². The van der Waals surface area contributed by atoms with E-state index in [1.54, 1.807) is 6.08 Å². The van der Waals surface area contributed by atoms with E-state index >= 15 is 0 Å². The van der Waals surface area contributed by atoms with Crippen LogP contribution in [0, 0.1) is 5.92 Å². The fourth-order valence-electron chi connectivity index (χ4n) is 3.51. The monoisotopic (exact) mass is 192 g/mol. The van der Waals surface area contributed by atoms with Gasteiger partial charge in [-0.1, -0.05) is 6.42 Å². The lowest BCUT2D eigenvalue weighted by molar-refractivity contribution is -0.155. The number of carbonyl (C=O) groups excluding carboxylic acids is 1. The molecule has 1 heterocycles. The van der Waals surface area contributed by atoms with Crippen LogP contribution in [-0.2, 0) is 9.53 Å². The number of rotatable bonds is 0. The van der Waals surface area contributed by atoms with E-state index in [2.05, 4.69) is 0 Å². The van der Waals surface area contributed by atoms with Gasteiger partial charge in [-0.15, -0.1) is 0 Å². The van der Waals surface area contributed by atoms with Gasteiger partial charge in [0.05, 0.1) is 0 Å². The average molecular weight is 192 g/mol. The minimum atomic E-state index is -0.131. The van der Waals surface area contributed by atoms with E-state index < -0.39 is 0 Å². The van der Waals surface area contributed by atoms with Crippen molar-refractivity contribution in [1.82, 2.24) is 0 Å². The molecule has 2 nitrogen and oxygen atoms in total. The highest BCUT2D eigenvalue weighted by molar-refractivity contribution is 5.87. The molecule has 2 heteroatoms. The molecule has 2 saturated carbocycles. The molecular formula is C12H16O2. The van der Waals surface area contributed by atoms with Crippen LogP contribution in [0.1, 0.15) is 44.9 Å². The first-order valence-corrected chi connectivity index (χ1v) is 5.75. The summed E-state index contributed by atoms with van der Waals surface area (Å²) in [6.45, 7) is 0. The molecule has 2 atom stereocenters. The Balaban J connectivity index is 1.99. The smallest absolute Gasteiger partial charge is 0.331 e. The molecule has 2 aliphatic carbocycles. The number of hydrogen-bond acceptors (Lipinski definition) is 2. The first-order valence-electron chi connectivity index (χ1n) is 5.75. The minimum absolute atomic E-state index is 0.0891. The predicted octanol–water partition coefficient (Wildman–Crippen LogP) is 2.58. The van der Waals surface area contributed by atoms with Crippen molar-refractivity contribution in [1.29, 1.82) is 0 Å². The van der Waals surface area contributed by atoms with E-state index in [0.29, 0.717) is 5.92 Å². The third-order valence-corrected chi connectivity index (χ3v) is 4.13. The lowest BCUT2D eigenvalue weighted by Gasteiger charge is -2.45. The lowest BCUT2D eigenvalue weighted by atomic mass is 9.65. The van der Waals surface area contributed by atoms with Crippen molar-refractivity contribution in [2.24, 2.45) is 5.92 Å². The highest BCUT2D eigenvalue weighted by Crippen LogP contribution is 2.51. The normalized spacial score (nSPS) is 41.0. The maximum absolute atomic E-state index is 11.4. The molecule has 0 aromatic carbocycles. The zero-order valence-electron chi connectivity index (χ0n) is 8.42. The quantitative estimate of drug-likeness (QED) is 0.551. The Bertz CT molecular complexity index is 303. The molecule has 0 bridgehead atoms. The van der Waals surface area contributed by atoms with E-state index in [9.17, 15) is 4.79 Å². The highest BCUT2D eigenvalue weighted by Gasteiger charge is 2.51. The lowest BCUT2D eigenvalue weighted by Crippen LogP contribution is -2.45. The first-order chi connectivity index (χ1) is 6.81. The number of hydrogen-bond donors (Lipinski definition) is 0. The fraction of sp³-hybridized carbons (Fsp3) is 0.750. The van der Waals surface area contributed by atoms with Crippen molar-refractivity contribution in [3.63, 3.8) is 0 Å². The molecule has 0 N–H and O–H groups in total. The van der Waals surface area contributed by atoms with Crippen LogP contribution in [0.4, 0.5) is 0 Å². The third-order valence-electron chi connectivity index (χ3n) is 4.13. The van der Waals surface area contributed by atoms with Gasteiger partial charge in [-0.3, -0.25) is 0 Å². The summed E-state index contributed by atoms with van der Waals surface area (Å²) in [7, 11) is 0. The Morgan fingerprint density at radius 1 is 1.29 bits per heavy atom. The molecule has 1 aliphatic heterocycles. The number of esters is 1. The zero-order valence-corrected chi connectivity index (χ0v) is 8.42. The van der Waals surface area contributed by atoms with Crippen molar-refractivity contribution < 1.29 is 9.53 Å². The second kappa shape index (κ2) is 2.85. The van der Waals surface area contributed by atoms with Crippen LogP contribution < -0.4 is 0 Å². The topological polar surface area (TPSA) is 26.3 Å². The van der Waals surface area contributed by atoms with E-state index in [1.165, 1.54) is 37.7 Å². The summed E-state index contributed by atoms with van der Waals surface area (Å²) in [4.78, 5) is 11.4. The largest absolute Gasteiger partial charge is 0.451 e. The molecule has 2 fully saturated rings. The molecule has 3 aliphatic rings. The Morgan fingerprint density at radius 2 is 2.14 bits per heavy atom. The summed E-state index contributed by atoms with van der Waals surface area (Å²) < 4.78 is 5.63. The fourth-order valence-corrected chi connectivity index (χ4v) is 3.51. The van der Waals surface area contributed by atoms with Crippen LogP contribution in [0.5, 0.6) is 0 Å². The molecule has 0 aromatic heterocycles. The second-order valence-corrected chi connectivity index (χ2v) is 4.82. The predicted molar refractivity (Wildman–Crippen MR) is 52.7 cm³/mol. The van der Waals surface area contributed by atoms with Crippen LogP contribution in [0.25, 0.3) is 0 Å². The summed E-state index contributed by atoms with van der Waals surface area (Å²) in [6, 6.07) is 0. The van der Waals surface area contributed by atoms with Gasteiger partial charge in [0.25, 0.3) is 0 Å². The van der Waals surface area contributed by atoms with Crippen molar-refractivity contribution >= 4 is 5.97 Å². The van der Waals surface area contributed by atoms with Gasteiger partial charge in [0.1, 0.15) is 5.60 Å². The van der Waals surface area contributed by atoms with Crippen LogP contribution in [0.15, 0.2) is 11.6 Å². The van der Waals surface area contributed by atoms with Crippen molar-refractivity contribution in [2.75, 3.05) is 0 Å². The van der Waals surface area contributed by atoms with Gasteiger partial charge < -0.3 is 4.74 Å². The summed E-state index contributed by atoms with van der Waals surface area (Å²) in [6.07, 6.45) is 10.2. The Morgan fingerprint density at radius 3 is 3.07 bits per heavy atom. The zero-order chi connectivity index (χ0) is 9.60. The summed E-state index contributed by atoms with van der Waals surface area (Å²) >= 11 is 0. The van der Waals surface area contributed by atoms with Crippen LogP contribution in [0.2, 0.25) is 0 Å². The SMILES string of the molecule is O=C1C=C2CCC[C@@H]3CCCC[C@]23O1. The Labute approximate surface area is 84.3 Å². The highest BCUT2D eigenvalue weighted by atomic mass is 16.6. The molecule has 0 aromatic rings. The molecular weight excluding hydrogens is 176 g/mol. The maximum Gasteiger partial charge on any atom is 0.331 e. The minimum Gasteiger partial charge on any atom is -0.451 e. The molecule has 0 amide bonds. The molecule has 0 unspecified atom stereocenters. The summed E-state index contributed by atoms with van der Waals surface area (Å²) in [5, 5.41) is 0. The van der Waals surface area contributed by atoms with Gasteiger partial charge >= 0.3 is 5.97 Å². The number of ether oxygens (including phenoxy) is 1. The van der Waals surface area contributed by atoms with Crippen molar-refractivity contribution in [3.8, 4) is 0 Å². The molecule has 14 heavy (non-hydrogen) atoms. The van der Waals surface area contributed by atoms with Crippen LogP contribution in [0.3, 0.4) is 0 Å². The number of carbonyl (C=O) groups is 1. The van der Waals surface area contributed by atoms with E-state index in [4.69, 9.17) is 4.74 Å². The third kappa shape index (κ3) is 0.999.